The molecule has 6 heteroatoms. The van der Waals surface area contributed by atoms with E-state index in [-0.39, 0.29) is 17.5 Å². The van der Waals surface area contributed by atoms with E-state index in [1.165, 1.54) is 24.5 Å². The monoisotopic (exact) mass is 292 g/mol. The molecule has 0 aliphatic heterocycles. The molecule has 0 aliphatic rings. The van der Waals surface area contributed by atoms with Gasteiger partial charge in [0, 0.05) is 30.1 Å². The first-order valence-electron chi connectivity index (χ1n) is 6.40. The van der Waals surface area contributed by atoms with Crippen molar-refractivity contribution >= 4 is 5.91 Å². The Bertz CT molecular complexity index is 693. The van der Waals surface area contributed by atoms with Crippen LogP contribution in [0.2, 0.25) is 0 Å². The van der Waals surface area contributed by atoms with Crippen LogP contribution in [0.1, 0.15) is 22.8 Å². The predicted octanol–water partition coefficient (Wildman–Crippen LogP) is 2.01. The molecule has 0 saturated carbocycles. The zero-order valence-electron chi connectivity index (χ0n) is 11.3. The Morgan fingerprint density at radius 1 is 1.29 bits per heavy atom. The fourth-order valence-corrected chi connectivity index (χ4v) is 1.98. The Balaban J connectivity index is 2.09. The van der Waals surface area contributed by atoms with E-state index in [1.807, 2.05) is 0 Å². The largest absolute Gasteiger partial charge is 0.367 e. The third-order valence-electron chi connectivity index (χ3n) is 3.02. The van der Waals surface area contributed by atoms with Crippen LogP contribution in [0.3, 0.4) is 0 Å². The number of carbonyl (C=O) groups excluding carboxylic acids is 1. The highest BCUT2D eigenvalue weighted by atomic mass is 19.1. The zero-order valence-corrected chi connectivity index (χ0v) is 11.3. The Hall–Kier alpha value is -2.50. The molecule has 0 fully saturated rings. The first-order valence-corrected chi connectivity index (χ1v) is 6.40. The van der Waals surface area contributed by atoms with Crippen LogP contribution in [-0.4, -0.2) is 16.9 Å². The standard InChI is InChI=1S/C15H14F2N2O2/c1-9(7-10-12(16)3-2-4-13(10)17)19-15(21)11-8-18-6-5-14(11)20/h2-6,8-9H,7H2,1H3,(H,18,20)(H,19,21). The Labute approximate surface area is 119 Å². The molecule has 1 unspecified atom stereocenters. The molecule has 1 amide bonds. The number of H-pyrrole nitrogens is 1. The number of aromatic nitrogens is 1. The summed E-state index contributed by atoms with van der Waals surface area (Å²) in [6.07, 6.45) is 2.69. The molecule has 21 heavy (non-hydrogen) atoms. The Morgan fingerprint density at radius 2 is 1.95 bits per heavy atom. The van der Waals surface area contributed by atoms with Crippen molar-refractivity contribution in [3.8, 4) is 0 Å². The van der Waals surface area contributed by atoms with Gasteiger partial charge in [0.1, 0.15) is 17.2 Å². The zero-order chi connectivity index (χ0) is 15.4. The number of rotatable bonds is 4. The molecule has 4 nitrogen and oxygen atoms in total. The lowest BCUT2D eigenvalue weighted by atomic mass is 10.1. The fraction of sp³-hybridized carbons (Fsp3) is 0.200. The Morgan fingerprint density at radius 3 is 2.57 bits per heavy atom. The first-order chi connectivity index (χ1) is 9.99. The number of carbonyl (C=O) groups is 1. The number of hydrogen-bond donors (Lipinski definition) is 2. The van der Waals surface area contributed by atoms with Crippen molar-refractivity contribution in [3.63, 3.8) is 0 Å². The Kier molecular flexibility index (Phi) is 4.47. The van der Waals surface area contributed by atoms with Crippen LogP contribution in [0.25, 0.3) is 0 Å². The number of hydrogen-bond acceptors (Lipinski definition) is 2. The summed E-state index contributed by atoms with van der Waals surface area (Å²) in [5, 5.41) is 2.55. The fourth-order valence-electron chi connectivity index (χ4n) is 1.98. The van der Waals surface area contributed by atoms with Gasteiger partial charge in [-0.05, 0) is 25.5 Å². The van der Waals surface area contributed by atoms with Crippen LogP contribution >= 0.6 is 0 Å². The van der Waals surface area contributed by atoms with Crippen molar-refractivity contribution in [1.29, 1.82) is 0 Å². The molecule has 0 saturated heterocycles. The van der Waals surface area contributed by atoms with Crippen LogP contribution in [0, 0.1) is 11.6 Å². The van der Waals surface area contributed by atoms with E-state index in [2.05, 4.69) is 10.3 Å². The van der Waals surface area contributed by atoms with E-state index < -0.39 is 29.0 Å². The van der Waals surface area contributed by atoms with E-state index in [4.69, 9.17) is 0 Å². The normalized spacial score (nSPS) is 12.0. The lowest BCUT2D eigenvalue weighted by molar-refractivity contribution is 0.0938. The molecule has 2 rings (SSSR count). The molecule has 2 aromatic rings. The minimum absolute atomic E-state index is 0.00498. The van der Waals surface area contributed by atoms with Crippen molar-refractivity contribution in [2.75, 3.05) is 0 Å². The van der Waals surface area contributed by atoms with E-state index in [0.717, 1.165) is 12.1 Å². The van der Waals surface area contributed by atoms with Crippen LogP contribution in [-0.2, 0) is 6.42 Å². The van der Waals surface area contributed by atoms with Gasteiger partial charge in [0.2, 0.25) is 0 Å². The molecule has 1 aromatic heterocycles. The maximum absolute atomic E-state index is 13.5. The molecule has 110 valence electrons. The minimum Gasteiger partial charge on any atom is -0.367 e. The maximum Gasteiger partial charge on any atom is 0.256 e. The highest BCUT2D eigenvalue weighted by Gasteiger charge is 2.16. The summed E-state index contributed by atoms with van der Waals surface area (Å²) in [4.78, 5) is 26.1. The van der Waals surface area contributed by atoms with Crippen molar-refractivity contribution in [2.24, 2.45) is 0 Å². The van der Waals surface area contributed by atoms with Crippen LogP contribution in [0.5, 0.6) is 0 Å². The van der Waals surface area contributed by atoms with Crippen molar-refractivity contribution in [2.45, 2.75) is 19.4 Å². The number of pyridine rings is 1. The molecule has 1 heterocycles. The second-order valence-corrected chi connectivity index (χ2v) is 4.70. The van der Waals surface area contributed by atoms with E-state index in [0.29, 0.717) is 0 Å². The molecule has 1 aromatic carbocycles. The van der Waals surface area contributed by atoms with Crippen molar-refractivity contribution in [1.82, 2.24) is 10.3 Å². The first kappa shape index (κ1) is 14.9. The number of nitrogens with one attached hydrogen (secondary N) is 2. The smallest absolute Gasteiger partial charge is 0.256 e. The SMILES string of the molecule is CC(Cc1c(F)cccc1F)NC(=O)c1c[nH]ccc1=O. The average Bonchev–Trinajstić information content (AvgIpc) is 2.43. The van der Waals surface area contributed by atoms with Crippen LogP contribution in [0.4, 0.5) is 8.78 Å². The van der Waals surface area contributed by atoms with Crippen LogP contribution in [0.15, 0.2) is 41.5 Å². The molecular formula is C15H14F2N2O2. The van der Waals surface area contributed by atoms with Gasteiger partial charge in [0.05, 0.1) is 0 Å². The van der Waals surface area contributed by atoms with Gasteiger partial charge in [-0.2, -0.15) is 0 Å². The molecule has 0 bridgehead atoms. The number of halogens is 2. The topological polar surface area (TPSA) is 62.0 Å². The number of aromatic amines is 1. The lowest BCUT2D eigenvalue weighted by Crippen LogP contribution is -2.36. The summed E-state index contributed by atoms with van der Waals surface area (Å²) < 4.78 is 27.1. The second-order valence-electron chi connectivity index (χ2n) is 4.70. The van der Waals surface area contributed by atoms with Gasteiger partial charge < -0.3 is 10.3 Å². The van der Waals surface area contributed by atoms with E-state index in [1.54, 1.807) is 6.92 Å². The van der Waals surface area contributed by atoms with Gasteiger partial charge in [-0.15, -0.1) is 0 Å². The van der Waals surface area contributed by atoms with Gasteiger partial charge >= 0.3 is 0 Å². The summed E-state index contributed by atoms with van der Waals surface area (Å²) in [6, 6.07) is 4.31. The highest BCUT2D eigenvalue weighted by molar-refractivity contribution is 5.93. The van der Waals surface area contributed by atoms with Crippen LogP contribution < -0.4 is 10.7 Å². The summed E-state index contributed by atoms with van der Waals surface area (Å²) in [5.41, 5.74) is -0.554. The quantitative estimate of drug-likeness (QED) is 0.905. The molecule has 0 spiro atoms. The predicted molar refractivity (Wildman–Crippen MR) is 74.1 cm³/mol. The van der Waals surface area contributed by atoms with Gasteiger partial charge in [0.25, 0.3) is 5.91 Å². The third-order valence-corrected chi connectivity index (χ3v) is 3.02. The number of benzene rings is 1. The van der Waals surface area contributed by atoms with E-state index >= 15 is 0 Å². The summed E-state index contributed by atoms with van der Waals surface area (Å²) in [7, 11) is 0. The highest BCUT2D eigenvalue weighted by Crippen LogP contribution is 2.14. The summed E-state index contributed by atoms with van der Waals surface area (Å²) >= 11 is 0. The molecule has 0 aliphatic carbocycles. The van der Waals surface area contributed by atoms with Gasteiger partial charge in [-0.1, -0.05) is 6.07 Å². The number of amides is 1. The average molecular weight is 292 g/mol. The second kappa shape index (κ2) is 6.30. The molecule has 2 N–H and O–H groups in total. The van der Waals surface area contributed by atoms with Gasteiger partial charge in [-0.25, -0.2) is 8.78 Å². The molecular weight excluding hydrogens is 278 g/mol. The van der Waals surface area contributed by atoms with Crippen molar-refractivity contribution in [3.05, 3.63) is 69.6 Å². The van der Waals surface area contributed by atoms with Gasteiger partial charge in [0.15, 0.2) is 5.43 Å². The summed E-state index contributed by atoms with van der Waals surface area (Å²) in [5.74, 6) is -1.90. The lowest BCUT2D eigenvalue weighted by Gasteiger charge is -2.14. The summed E-state index contributed by atoms with van der Waals surface area (Å²) in [6.45, 7) is 1.61. The van der Waals surface area contributed by atoms with E-state index in [9.17, 15) is 18.4 Å². The molecule has 1 atom stereocenters. The minimum atomic E-state index is -0.659. The third kappa shape index (κ3) is 3.53. The molecule has 0 radical (unpaired) electrons. The van der Waals surface area contributed by atoms with Gasteiger partial charge in [-0.3, -0.25) is 9.59 Å². The van der Waals surface area contributed by atoms with Crippen molar-refractivity contribution < 1.29 is 13.6 Å². The maximum atomic E-state index is 13.5.